The van der Waals surface area contributed by atoms with E-state index in [0.717, 1.165) is 42.9 Å². The average Bonchev–Trinajstić information content (AvgIpc) is 3.47. The predicted molar refractivity (Wildman–Crippen MR) is 164 cm³/mol. The molecule has 0 bridgehead atoms. The molecule has 0 atom stereocenters. The van der Waals surface area contributed by atoms with Crippen molar-refractivity contribution in [2.24, 2.45) is 5.73 Å². The SMILES string of the molecule is COc1ccc(C(=O)N2CCN(c3ccc(C(=O)NC4CCC(N)CC4)cc3NC(=O)c3snnc3C)CC2)cc1OC. The van der Waals surface area contributed by atoms with E-state index in [0.29, 0.717) is 65.1 Å². The predicted octanol–water partition coefficient (Wildman–Crippen LogP) is 3.08. The summed E-state index contributed by atoms with van der Waals surface area (Å²) in [4.78, 5) is 44.0. The van der Waals surface area contributed by atoms with E-state index in [1.807, 2.05) is 6.07 Å². The molecule has 0 spiro atoms. The van der Waals surface area contributed by atoms with Crippen molar-refractivity contribution >= 4 is 40.6 Å². The minimum absolute atomic E-state index is 0.0761. The van der Waals surface area contributed by atoms with E-state index in [-0.39, 0.29) is 29.8 Å². The molecule has 1 aliphatic carbocycles. The van der Waals surface area contributed by atoms with Gasteiger partial charge in [0, 0.05) is 49.4 Å². The third-order valence-electron chi connectivity index (χ3n) is 8.01. The van der Waals surface area contributed by atoms with Crippen LogP contribution in [-0.2, 0) is 0 Å². The van der Waals surface area contributed by atoms with E-state index < -0.39 is 0 Å². The maximum Gasteiger partial charge on any atom is 0.269 e. The van der Waals surface area contributed by atoms with Gasteiger partial charge in [-0.05, 0) is 80.5 Å². The number of benzene rings is 2. The van der Waals surface area contributed by atoms with Gasteiger partial charge in [-0.25, -0.2) is 0 Å². The number of carbonyl (C=O) groups excluding carboxylic acids is 3. The van der Waals surface area contributed by atoms with E-state index in [1.165, 1.54) is 7.11 Å². The summed E-state index contributed by atoms with van der Waals surface area (Å²) in [5.41, 5.74) is 8.81. The lowest BCUT2D eigenvalue weighted by atomic mass is 9.91. The van der Waals surface area contributed by atoms with Gasteiger partial charge in [-0.15, -0.1) is 5.10 Å². The fraction of sp³-hybridized carbons (Fsp3) is 0.433. The molecule has 2 aliphatic rings. The molecule has 1 saturated carbocycles. The largest absolute Gasteiger partial charge is 0.493 e. The zero-order valence-corrected chi connectivity index (χ0v) is 25.4. The van der Waals surface area contributed by atoms with E-state index in [4.69, 9.17) is 15.2 Å². The minimum Gasteiger partial charge on any atom is -0.493 e. The van der Waals surface area contributed by atoms with Crippen LogP contribution in [0, 0.1) is 6.92 Å². The van der Waals surface area contributed by atoms with E-state index in [1.54, 1.807) is 49.3 Å². The van der Waals surface area contributed by atoms with Crippen LogP contribution in [0.3, 0.4) is 0 Å². The number of nitrogens with one attached hydrogen (secondary N) is 2. The lowest BCUT2D eigenvalue weighted by Crippen LogP contribution is -2.49. The molecular weight excluding hydrogens is 570 g/mol. The highest BCUT2D eigenvalue weighted by atomic mass is 32.1. The average molecular weight is 608 g/mol. The van der Waals surface area contributed by atoms with Crippen molar-refractivity contribution < 1.29 is 23.9 Å². The Morgan fingerprint density at radius 1 is 0.907 bits per heavy atom. The van der Waals surface area contributed by atoms with Crippen molar-refractivity contribution in [3.8, 4) is 11.5 Å². The minimum atomic E-state index is -0.338. The van der Waals surface area contributed by atoms with Crippen LogP contribution in [-0.4, -0.2) is 84.7 Å². The Balaban J connectivity index is 1.32. The number of carbonyl (C=O) groups is 3. The van der Waals surface area contributed by atoms with Gasteiger partial charge in [-0.1, -0.05) is 4.49 Å². The van der Waals surface area contributed by atoms with Crippen LogP contribution in [0.15, 0.2) is 36.4 Å². The van der Waals surface area contributed by atoms with Gasteiger partial charge >= 0.3 is 0 Å². The van der Waals surface area contributed by atoms with Gasteiger partial charge in [0.25, 0.3) is 17.7 Å². The standard InChI is InChI=1S/C30H37N7O5S/c1-18-27(43-35-34-18)29(39)33-23-16-19(28(38)32-22-8-6-21(31)7-9-22)4-10-24(23)36-12-14-37(15-13-36)30(40)20-5-11-25(41-2)26(17-20)42-3/h4-5,10-11,16-17,21-22H,6-9,12-15,31H2,1-3H3,(H,32,38)(H,33,39). The van der Waals surface area contributed by atoms with Crippen LogP contribution in [0.25, 0.3) is 0 Å². The second-order valence-electron chi connectivity index (χ2n) is 10.8. The van der Waals surface area contributed by atoms with Crippen molar-refractivity contribution in [1.29, 1.82) is 0 Å². The number of nitrogens with two attached hydrogens (primary N) is 1. The Morgan fingerprint density at radius 3 is 2.26 bits per heavy atom. The Hall–Kier alpha value is -4.23. The fourth-order valence-corrected chi connectivity index (χ4v) is 6.06. The first-order chi connectivity index (χ1) is 20.8. The number of amides is 3. The lowest BCUT2D eigenvalue weighted by molar-refractivity contribution is 0.0746. The molecule has 43 heavy (non-hydrogen) atoms. The zero-order chi connectivity index (χ0) is 30.5. The van der Waals surface area contributed by atoms with Crippen molar-refractivity contribution in [3.63, 3.8) is 0 Å². The van der Waals surface area contributed by atoms with Crippen LogP contribution in [0.1, 0.15) is 61.8 Å². The second-order valence-corrected chi connectivity index (χ2v) is 11.6. The Labute approximate surface area is 254 Å². The molecule has 4 N–H and O–H groups in total. The summed E-state index contributed by atoms with van der Waals surface area (Å²) < 4.78 is 14.5. The molecule has 3 amide bonds. The molecule has 1 saturated heterocycles. The maximum atomic E-state index is 13.3. The highest BCUT2D eigenvalue weighted by Crippen LogP contribution is 2.31. The quantitative estimate of drug-likeness (QED) is 0.351. The third-order valence-corrected chi connectivity index (χ3v) is 8.84. The number of aromatic nitrogens is 2. The number of piperazine rings is 1. The lowest BCUT2D eigenvalue weighted by Gasteiger charge is -2.37. The van der Waals surface area contributed by atoms with E-state index >= 15 is 0 Å². The molecule has 1 aromatic heterocycles. The molecule has 228 valence electrons. The van der Waals surface area contributed by atoms with E-state index in [2.05, 4.69) is 25.1 Å². The summed E-state index contributed by atoms with van der Waals surface area (Å²) in [7, 11) is 3.09. The van der Waals surface area contributed by atoms with Crippen molar-refractivity contribution in [3.05, 3.63) is 58.1 Å². The highest BCUT2D eigenvalue weighted by molar-refractivity contribution is 7.08. The van der Waals surface area contributed by atoms with Crippen LogP contribution in [0.5, 0.6) is 11.5 Å². The van der Waals surface area contributed by atoms with Crippen LogP contribution in [0.4, 0.5) is 11.4 Å². The first-order valence-corrected chi connectivity index (χ1v) is 15.1. The highest BCUT2D eigenvalue weighted by Gasteiger charge is 2.27. The molecular formula is C30H37N7O5S. The molecule has 2 aromatic carbocycles. The van der Waals surface area contributed by atoms with Gasteiger partial charge in [0.1, 0.15) is 4.88 Å². The number of rotatable bonds is 8. The van der Waals surface area contributed by atoms with Crippen LogP contribution < -0.4 is 30.7 Å². The van der Waals surface area contributed by atoms with Gasteiger partial charge in [0.15, 0.2) is 11.5 Å². The number of ether oxygens (including phenoxy) is 2. The first-order valence-electron chi connectivity index (χ1n) is 14.3. The van der Waals surface area contributed by atoms with E-state index in [9.17, 15) is 14.4 Å². The van der Waals surface area contributed by atoms with Crippen LogP contribution in [0.2, 0.25) is 0 Å². The van der Waals surface area contributed by atoms with Gasteiger partial charge in [0.2, 0.25) is 0 Å². The topological polar surface area (TPSA) is 152 Å². The molecule has 0 radical (unpaired) electrons. The summed E-state index contributed by atoms with van der Waals surface area (Å²) in [6, 6.07) is 10.7. The number of methoxy groups -OCH3 is 2. The molecule has 12 nitrogen and oxygen atoms in total. The Bertz CT molecular complexity index is 1480. The monoisotopic (exact) mass is 607 g/mol. The Kier molecular flexibility index (Phi) is 9.41. The Morgan fingerprint density at radius 2 is 1.60 bits per heavy atom. The van der Waals surface area contributed by atoms with Gasteiger partial charge in [-0.2, -0.15) is 0 Å². The molecule has 5 rings (SSSR count). The van der Waals surface area contributed by atoms with Crippen molar-refractivity contribution in [2.45, 2.75) is 44.7 Å². The molecule has 2 fully saturated rings. The molecule has 3 aromatic rings. The zero-order valence-electron chi connectivity index (χ0n) is 24.6. The normalized spacial score (nSPS) is 18.6. The summed E-state index contributed by atoms with van der Waals surface area (Å²) in [6.07, 6.45) is 3.46. The first kappa shape index (κ1) is 30.2. The summed E-state index contributed by atoms with van der Waals surface area (Å²) in [5.74, 6) is 0.425. The van der Waals surface area contributed by atoms with Gasteiger partial charge in [0.05, 0.1) is 31.3 Å². The number of anilines is 2. The maximum absolute atomic E-state index is 13.3. The summed E-state index contributed by atoms with van der Waals surface area (Å²) >= 11 is 1.02. The molecule has 2 heterocycles. The smallest absolute Gasteiger partial charge is 0.269 e. The molecule has 1 aliphatic heterocycles. The van der Waals surface area contributed by atoms with Crippen molar-refractivity contribution in [2.75, 3.05) is 50.6 Å². The summed E-state index contributed by atoms with van der Waals surface area (Å²) in [5, 5.41) is 10.1. The third kappa shape index (κ3) is 6.89. The second kappa shape index (κ2) is 13.4. The van der Waals surface area contributed by atoms with Gasteiger partial charge < -0.3 is 35.6 Å². The number of nitrogens with zero attached hydrogens (tertiary/aromatic N) is 4. The number of hydrogen-bond donors (Lipinski definition) is 3. The number of hydrogen-bond acceptors (Lipinski definition) is 10. The van der Waals surface area contributed by atoms with Crippen LogP contribution >= 0.6 is 11.5 Å². The molecule has 13 heteroatoms. The fourth-order valence-electron chi connectivity index (χ4n) is 5.51. The number of aryl methyl sites for hydroxylation is 1. The van der Waals surface area contributed by atoms with Crippen molar-refractivity contribution in [1.82, 2.24) is 19.8 Å². The van der Waals surface area contributed by atoms with Gasteiger partial charge in [-0.3, -0.25) is 14.4 Å². The molecule has 0 unspecified atom stereocenters. The summed E-state index contributed by atoms with van der Waals surface area (Å²) in [6.45, 7) is 3.76.